The van der Waals surface area contributed by atoms with Crippen LogP contribution < -0.4 is 0 Å². The summed E-state index contributed by atoms with van der Waals surface area (Å²) in [6.07, 6.45) is -0.754. The number of nitrogens with zero attached hydrogens (tertiary/aromatic N) is 1. The highest BCUT2D eigenvalue weighted by Gasteiger charge is 2.29. The van der Waals surface area contributed by atoms with Crippen LogP contribution in [0.3, 0.4) is 0 Å². The molecule has 0 aromatic rings. The van der Waals surface area contributed by atoms with Crippen LogP contribution in [0, 0.1) is 0 Å². The second kappa shape index (κ2) is 3.78. The summed E-state index contributed by atoms with van der Waals surface area (Å²) in [7, 11) is 0. The predicted molar refractivity (Wildman–Crippen MR) is 39.6 cm³/mol. The topological polar surface area (TPSA) is 49.8 Å². The highest BCUT2D eigenvalue weighted by molar-refractivity contribution is 6.18. The smallest absolute Gasteiger partial charge is 0.410 e. The lowest BCUT2D eigenvalue weighted by Gasteiger charge is -2.08. The quantitative estimate of drug-likeness (QED) is 0.623. The van der Waals surface area contributed by atoms with E-state index in [-0.39, 0.29) is 18.8 Å². The molecule has 1 saturated heterocycles. The summed E-state index contributed by atoms with van der Waals surface area (Å²) < 4.78 is 4.75. The molecule has 1 amide bonds. The predicted octanol–water partition coefficient (Wildman–Crippen LogP) is 0.0383. The van der Waals surface area contributed by atoms with Gasteiger partial charge in [0.1, 0.15) is 6.10 Å². The third kappa shape index (κ3) is 1.97. The second-order valence-electron chi connectivity index (χ2n) is 2.32. The van der Waals surface area contributed by atoms with E-state index >= 15 is 0 Å². The molecule has 4 nitrogen and oxygen atoms in total. The van der Waals surface area contributed by atoms with E-state index in [9.17, 15) is 4.79 Å². The summed E-state index contributed by atoms with van der Waals surface area (Å²) >= 11 is 5.43. The van der Waals surface area contributed by atoms with Gasteiger partial charge < -0.3 is 14.7 Å². The number of rotatable bonds is 3. The van der Waals surface area contributed by atoms with Crippen molar-refractivity contribution >= 4 is 17.7 Å². The maximum absolute atomic E-state index is 10.9. The first kappa shape index (κ1) is 8.62. The lowest BCUT2D eigenvalue weighted by Crippen LogP contribution is -2.27. The average Bonchev–Trinajstić information content (AvgIpc) is 2.33. The lowest BCUT2D eigenvalue weighted by atomic mass is 10.4. The van der Waals surface area contributed by atoms with Crippen LogP contribution in [0.5, 0.6) is 0 Å². The van der Waals surface area contributed by atoms with Gasteiger partial charge in [-0.15, -0.1) is 11.6 Å². The molecular weight excluding hydrogens is 170 g/mol. The Kier molecular flexibility index (Phi) is 2.96. The third-order valence-corrected chi connectivity index (χ3v) is 1.68. The molecule has 5 heteroatoms. The van der Waals surface area contributed by atoms with Crippen LogP contribution in [0.15, 0.2) is 0 Å². The molecular formula is C6H10ClNO3. The van der Waals surface area contributed by atoms with Crippen LogP contribution >= 0.6 is 11.6 Å². The van der Waals surface area contributed by atoms with Gasteiger partial charge in [0, 0.05) is 12.4 Å². The summed E-state index contributed by atoms with van der Waals surface area (Å²) in [5.41, 5.74) is 0. The number of carbonyl (C=O) groups excluding carboxylic acids is 1. The van der Waals surface area contributed by atoms with Crippen molar-refractivity contribution in [3.8, 4) is 0 Å². The number of aliphatic hydroxyl groups is 1. The standard InChI is InChI=1S/C6H10ClNO3/c7-1-2-8-3-5(4-9)11-6(8)10/h5,9H,1-4H2/t5-/m0/s1. The van der Waals surface area contributed by atoms with E-state index < -0.39 is 0 Å². The van der Waals surface area contributed by atoms with Crippen molar-refractivity contribution in [2.45, 2.75) is 6.10 Å². The first-order valence-corrected chi connectivity index (χ1v) is 3.93. The van der Waals surface area contributed by atoms with Crippen molar-refractivity contribution < 1.29 is 14.6 Å². The Hall–Kier alpha value is -0.480. The van der Waals surface area contributed by atoms with Crippen LogP contribution in [0.4, 0.5) is 4.79 Å². The van der Waals surface area contributed by atoms with Gasteiger partial charge in [-0.05, 0) is 0 Å². The van der Waals surface area contributed by atoms with Crippen molar-refractivity contribution in [3.63, 3.8) is 0 Å². The van der Waals surface area contributed by atoms with Crippen molar-refractivity contribution in [1.29, 1.82) is 0 Å². The Morgan fingerprint density at radius 1 is 1.82 bits per heavy atom. The van der Waals surface area contributed by atoms with Crippen LogP contribution in [-0.4, -0.2) is 47.8 Å². The zero-order valence-corrected chi connectivity index (χ0v) is 6.75. The maximum Gasteiger partial charge on any atom is 0.410 e. The molecule has 0 aromatic heterocycles. The summed E-state index contributed by atoms with van der Waals surface area (Å²) in [5, 5.41) is 8.63. The van der Waals surface area contributed by atoms with Crippen LogP contribution in [0.25, 0.3) is 0 Å². The SMILES string of the molecule is O=C1O[C@H](CO)CN1CCCl. The van der Waals surface area contributed by atoms with Crippen molar-refractivity contribution in [1.82, 2.24) is 4.90 Å². The third-order valence-electron chi connectivity index (χ3n) is 1.51. The summed E-state index contributed by atoms with van der Waals surface area (Å²) in [5.74, 6) is 0.396. The number of alkyl halides is 1. The Morgan fingerprint density at radius 2 is 2.55 bits per heavy atom. The summed E-state index contributed by atoms with van der Waals surface area (Å²) in [6, 6.07) is 0. The van der Waals surface area contributed by atoms with Gasteiger partial charge in [0.15, 0.2) is 0 Å². The van der Waals surface area contributed by atoms with Crippen molar-refractivity contribution in [2.75, 3.05) is 25.6 Å². The Morgan fingerprint density at radius 3 is 3.00 bits per heavy atom. The number of aliphatic hydroxyl groups excluding tert-OH is 1. The minimum atomic E-state index is -0.385. The normalized spacial score (nSPS) is 24.0. The van der Waals surface area contributed by atoms with Gasteiger partial charge >= 0.3 is 6.09 Å². The molecule has 1 fully saturated rings. The number of amides is 1. The molecule has 11 heavy (non-hydrogen) atoms. The van der Waals surface area contributed by atoms with E-state index in [1.165, 1.54) is 4.90 Å². The highest BCUT2D eigenvalue weighted by atomic mass is 35.5. The minimum Gasteiger partial charge on any atom is -0.442 e. The van der Waals surface area contributed by atoms with Gasteiger partial charge in [-0.2, -0.15) is 0 Å². The van der Waals surface area contributed by atoms with Crippen LogP contribution in [-0.2, 0) is 4.74 Å². The molecule has 0 aromatic carbocycles. The number of hydrogen-bond acceptors (Lipinski definition) is 3. The lowest BCUT2D eigenvalue weighted by molar-refractivity contribution is 0.0948. The zero-order chi connectivity index (χ0) is 8.27. The monoisotopic (exact) mass is 179 g/mol. The maximum atomic E-state index is 10.9. The molecule has 0 spiro atoms. The van der Waals surface area contributed by atoms with Gasteiger partial charge in [0.2, 0.25) is 0 Å². The Labute approximate surface area is 69.7 Å². The molecule has 0 saturated carbocycles. The minimum absolute atomic E-state index is 0.121. The van der Waals surface area contributed by atoms with Gasteiger partial charge in [-0.3, -0.25) is 0 Å². The van der Waals surface area contributed by atoms with Crippen LogP contribution in [0.1, 0.15) is 0 Å². The second-order valence-corrected chi connectivity index (χ2v) is 2.70. The molecule has 0 aliphatic carbocycles. The van der Waals surface area contributed by atoms with Crippen molar-refractivity contribution in [3.05, 3.63) is 0 Å². The van der Waals surface area contributed by atoms with E-state index in [0.717, 1.165) is 0 Å². The highest BCUT2D eigenvalue weighted by Crippen LogP contribution is 2.09. The van der Waals surface area contributed by atoms with E-state index in [1.54, 1.807) is 0 Å². The molecule has 1 rings (SSSR count). The fourth-order valence-corrected chi connectivity index (χ4v) is 1.16. The molecule has 1 N–H and O–H groups in total. The number of cyclic esters (lactones) is 1. The fourth-order valence-electron chi connectivity index (χ4n) is 0.954. The van der Waals surface area contributed by atoms with E-state index in [4.69, 9.17) is 21.4 Å². The first-order chi connectivity index (χ1) is 5.27. The van der Waals surface area contributed by atoms with E-state index in [1.807, 2.05) is 0 Å². The van der Waals surface area contributed by atoms with Crippen LogP contribution in [0.2, 0.25) is 0 Å². The molecule has 0 radical (unpaired) electrons. The molecule has 1 heterocycles. The molecule has 0 bridgehead atoms. The largest absolute Gasteiger partial charge is 0.442 e. The Bertz CT molecular complexity index is 153. The van der Waals surface area contributed by atoms with Gasteiger partial charge in [-0.25, -0.2) is 4.79 Å². The summed E-state index contributed by atoms with van der Waals surface area (Å²) in [4.78, 5) is 12.3. The zero-order valence-electron chi connectivity index (χ0n) is 5.99. The number of hydrogen-bond donors (Lipinski definition) is 1. The summed E-state index contributed by atoms with van der Waals surface area (Å²) in [6.45, 7) is 0.809. The molecule has 1 atom stereocenters. The first-order valence-electron chi connectivity index (χ1n) is 3.40. The number of halogens is 1. The number of carbonyl (C=O) groups is 1. The van der Waals surface area contributed by atoms with E-state index in [2.05, 4.69) is 0 Å². The average molecular weight is 180 g/mol. The van der Waals surface area contributed by atoms with Gasteiger partial charge in [0.25, 0.3) is 0 Å². The van der Waals surface area contributed by atoms with Gasteiger partial charge in [-0.1, -0.05) is 0 Å². The Balaban J connectivity index is 2.38. The molecule has 0 unspecified atom stereocenters. The fraction of sp³-hybridized carbons (Fsp3) is 0.833. The molecule has 64 valence electrons. The molecule has 1 aliphatic heterocycles. The van der Waals surface area contributed by atoms with E-state index in [0.29, 0.717) is 19.0 Å². The van der Waals surface area contributed by atoms with Crippen molar-refractivity contribution in [2.24, 2.45) is 0 Å². The van der Waals surface area contributed by atoms with Gasteiger partial charge in [0.05, 0.1) is 13.2 Å². The number of ether oxygens (including phenoxy) is 1. The molecule has 1 aliphatic rings.